The van der Waals surface area contributed by atoms with Crippen LogP contribution in [0.25, 0.3) is 88.2 Å². The molecule has 0 spiro atoms. The number of hydrogen-bond donors (Lipinski definition) is 0. The maximum atomic E-state index is 9.57. The van der Waals surface area contributed by atoms with Gasteiger partial charge in [0.15, 0.2) is 0 Å². The third-order valence-electron chi connectivity index (χ3n) is 9.37. The average molecular weight is 601 g/mol. The Bertz CT molecular complexity index is 2930. The van der Waals surface area contributed by atoms with Crippen LogP contribution in [-0.4, -0.2) is 14.1 Å². The predicted octanol–water partition coefficient (Wildman–Crippen LogP) is 10.7. The van der Waals surface area contributed by atoms with Gasteiger partial charge in [0.1, 0.15) is 16.7 Å². The highest BCUT2D eigenvalue weighted by molar-refractivity contribution is 6.22. The summed E-state index contributed by atoms with van der Waals surface area (Å²) in [6.45, 7) is 0. The summed E-state index contributed by atoms with van der Waals surface area (Å²) < 4.78 is 11.0. The van der Waals surface area contributed by atoms with Crippen LogP contribution >= 0.6 is 0 Å². The van der Waals surface area contributed by atoms with E-state index in [1.165, 1.54) is 0 Å². The third kappa shape index (κ3) is 3.67. The lowest BCUT2D eigenvalue weighted by molar-refractivity contribution is 0.673. The zero-order chi connectivity index (χ0) is 31.1. The molecular formula is C42H24N4O. The molecule has 0 aliphatic rings. The number of nitriles is 1. The molecule has 0 bridgehead atoms. The largest absolute Gasteiger partial charge is 0.455 e. The van der Waals surface area contributed by atoms with Crippen LogP contribution < -0.4 is 0 Å². The maximum absolute atomic E-state index is 9.57. The number of aromatic nitrogens is 3. The van der Waals surface area contributed by atoms with E-state index in [-0.39, 0.29) is 0 Å². The van der Waals surface area contributed by atoms with Crippen LogP contribution in [-0.2, 0) is 0 Å². The molecule has 47 heavy (non-hydrogen) atoms. The van der Waals surface area contributed by atoms with Gasteiger partial charge in [-0.05, 0) is 90.0 Å². The first-order chi connectivity index (χ1) is 23.3. The molecule has 6 aromatic carbocycles. The van der Waals surface area contributed by atoms with Crippen molar-refractivity contribution in [1.82, 2.24) is 14.1 Å². The minimum atomic E-state index is 0.660. The van der Waals surface area contributed by atoms with Gasteiger partial charge in [-0.1, -0.05) is 60.7 Å². The highest BCUT2D eigenvalue weighted by atomic mass is 16.3. The number of rotatable bonds is 3. The summed E-state index contributed by atoms with van der Waals surface area (Å²) in [4.78, 5) is 4.86. The molecule has 0 fully saturated rings. The Morgan fingerprint density at radius 1 is 0.532 bits per heavy atom. The second-order valence-corrected chi connectivity index (χ2v) is 11.9. The van der Waals surface area contributed by atoms with Gasteiger partial charge in [0.25, 0.3) is 0 Å². The highest BCUT2D eigenvalue weighted by Crippen LogP contribution is 2.40. The van der Waals surface area contributed by atoms with Crippen LogP contribution in [0.4, 0.5) is 0 Å². The van der Waals surface area contributed by atoms with Gasteiger partial charge >= 0.3 is 0 Å². The zero-order valence-electron chi connectivity index (χ0n) is 25.1. The summed E-state index contributed by atoms with van der Waals surface area (Å²) in [5.74, 6) is 0. The second-order valence-electron chi connectivity index (χ2n) is 11.9. The Hall–Kier alpha value is -6.64. The first-order valence-electron chi connectivity index (χ1n) is 15.6. The van der Waals surface area contributed by atoms with Crippen molar-refractivity contribution in [2.75, 3.05) is 0 Å². The highest BCUT2D eigenvalue weighted by Gasteiger charge is 2.20. The molecule has 10 aromatic rings. The quantitative estimate of drug-likeness (QED) is 0.203. The number of pyridine rings is 1. The average Bonchev–Trinajstić information content (AvgIpc) is 3.79. The van der Waals surface area contributed by atoms with E-state index in [9.17, 15) is 5.26 Å². The minimum absolute atomic E-state index is 0.660. The Kier molecular flexibility index (Phi) is 5.28. The molecule has 0 N–H and O–H groups in total. The lowest BCUT2D eigenvalue weighted by Gasteiger charge is -2.12. The number of fused-ring (bicyclic) bond motifs is 10. The van der Waals surface area contributed by atoms with Crippen molar-refractivity contribution in [2.24, 2.45) is 0 Å². The summed E-state index contributed by atoms with van der Waals surface area (Å²) in [7, 11) is 0. The molecule has 0 aliphatic heterocycles. The first kappa shape index (κ1) is 25.7. The number of nitrogens with zero attached hydrogens (tertiary/aromatic N) is 4. The van der Waals surface area contributed by atoms with Crippen molar-refractivity contribution in [3.8, 4) is 28.6 Å². The molecule has 218 valence electrons. The fourth-order valence-corrected chi connectivity index (χ4v) is 7.34. The Morgan fingerprint density at radius 2 is 1.21 bits per heavy atom. The smallest absolute Gasteiger partial charge is 0.147 e. The molecule has 4 heterocycles. The van der Waals surface area contributed by atoms with Crippen molar-refractivity contribution in [3.63, 3.8) is 0 Å². The van der Waals surface area contributed by atoms with Crippen LogP contribution in [0, 0.1) is 11.3 Å². The standard InChI is InChI=1S/C42H24N4O/c43-25-26-17-19-36-34(22-26)31-12-1-3-14-35(31)45(36)29-10-5-8-27(23-29)28-9-6-11-30(24-28)46-37-20-18-33-32-13-2-4-16-39(32)47-42(33)40(37)41-38(46)15-7-21-44-41/h1-24H. The normalized spacial score (nSPS) is 11.8. The van der Waals surface area contributed by atoms with Crippen LogP contribution in [0.3, 0.4) is 0 Å². The van der Waals surface area contributed by atoms with E-state index in [4.69, 9.17) is 9.40 Å². The molecule has 10 rings (SSSR count). The Morgan fingerprint density at radius 3 is 2.02 bits per heavy atom. The summed E-state index contributed by atoms with van der Waals surface area (Å²) in [6.07, 6.45) is 1.85. The van der Waals surface area contributed by atoms with E-state index in [0.29, 0.717) is 5.56 Å². The topological polar surface area (TPSA) is 59.7 Å². The monoisotopic (exact) mass is 600 g/mol. The van der Waals surface area contributed by atoms with E-state index < -0.39 is 0 Å². The fraction of sp³-hybridized carbons (Fsp3) is 0. The summed E-state index contributed by atoms with van der Waals surface area (Å²) >= 11 is 0. The maximum Gasteiger partial charge on any atom is 0.147 e. The molecule has 4 aromatic heterocycles. The van der Waals surface area contributed by atoms with Gasteiger partial charge in [-0.3, -0.25) is 4.98 Å². The minimum Gasteiger partial charge on any atom is -0.455 e. The third-order valence-corrected chi connectivity index (χ3v) is 9.37. The molecule has 5 heteroatoms. The van der Waals surface area contributed by atoms with Crippen LogP contribution in [0.1, 0.15) is 5.56 Å². The lowest BCUT2D eigenvalue weighted by Crippen LogP contribution is -1.96. The number of hydrogen-bond acceptors (Lipinski definition) is 3. The van der Waals surface area contributed by atoms with Crippen LogP contribution in [0.2, 0.25) is 0 Å². The number of para-hydroxylation sites is 2. The fourth-order valence-electron chi connectivity index (χ4n) is 7.34. The van der Waals surface area contributed by atoms with E-state index in [1.54, 1.807) is 0 Å². The van der Waals surface area contributed by atoms with E-state index >= 15 is 0 Å². The molecule has 0 aliphatic carbocycles. The molecule has 0 unspecified atom stereocenters. The molecule has 0 saturated heterocycles. The van der Waals surface area contributed by atoms with Gasteiger partial charge < -0.3 is 13.6 Å². The molecule has 0 amide bonds. The summed E-state index contributed by atoms with van der Waals surface area (Å²) in [5.41, 5.74) is 11.9. The predicted molar refractivity (Wildman–Crippen MR) is 190 cm³/mol. The molecule has 0 saturated carbocycles. The van der Waals surface area contributed by atoms with Gasteiger partial charge in [-0.2, -0.15) is 5.26 Å². The van der Waals surface area contributed by atoms with E-state index in [0.717, 1.165) is 88.2 Å². The molecular weight excluding hydrogens is 576 g/mol. The lowest BCUT2D eigenvalue weighted by atomic mass is 10.0. The van der Waals surface area contributed by atoms with Gasteiger partial charge in [0, 0.05) is 39.1 Å². The van der Waals surface area contributed by atoms with Gasteiger partial charge in [-0.15, -0.1) is 0 Å². The van der Waals surface area contributed by atoms with Crippen LogP contribution in [0.15, 0.2) is 150 Å². The first-order valence-corrected chi connectivity index (χ1v) is 15.6. The van der Waals surface area contributed by atoms with Gasteiger partial charge in [0.05, 0.1) is 39.1 Å². The van der Waals surface area contributed by atoms with Crippen molar-refractivity contribution in [3.05, 3.63) is 151 Å². The van der Waals surface area contributed by atoms with Crippen molar-refractivity contribution < 1.29 is 4.42 Å². The van der Waals surface area contributed by atoms with Crippen molar-refractivity contribution in [2.45, 2.75) is 0 Å². The molecule has 0 atom stereocenters. The number of furan rings is 1. The van der Waals surface area contributed by atoms with Crippen molar-refractivity contribution in [1.29, 1.82) is 5.26 Å². The van der Waals surface area contributed by atoms with Gasteiger partial charge in [-0.25, -0.2) is 0 Å². The zero-order valence-corrected chi connectivity index (χ0v) is 25.1. The summed E-state index contributed by atoms with van der Waals surface area (Å²) in [6, 6.07) is 50.6. The van der Waals surface area contributed by atoms with E-state index in [2.05, 4.69) is 124 Å². The summed E-state index contributed by atoms with van der Waals surface area (Å²) in [5, 5.41) is 15.0. The second kappa shape index (κ2) is 9.68. The number of benzene rings is 6. The Balaban J connectivity index is 1.16. The van der Waals surface area contributed by atoms with E-state index in [1.807, 2.05) is 36.5 Å². The Labute approximate surface area is 268 Å². The van der Waals surface area contributed by atoms with Gasteiger partial charge in [0.2, 0.25) is 0 Å². The van der Waals surface area contributed by atoms with Crippen molar-refractivity contribution >= 4 is 65.7 Å². The molecule has 5 nitrogen and oxygen atoms in total. The van der Waals surface area contributed by atoms with Crippen LogP contribution in [0.5, 0.6) is 0 Å². The SMILES string of the molecule is N#Cc1ccc2c(c1)c1ccccc1n2-c1cccc(-c2cccc(-n3c4cccnc4c4c5oc6ccccc6c5ccc43)c2)c1. The molecule has 0 radical (unpaired) electrons.